The second-order valence-corrected chi connectivity index (χ2v) is 10.1. The molecule has 2 aromatic carbocycles. The van der Waals surface area contributed by atoms with E-state index in [0.29, 0.717) is 28.5 Å². The van der Waals surface area contributed by atoms with E-state index in [1.54, 1.807) is 55.3 Å². The first-order valence-corrected chi connectivity index (χ1v) is 12.3. The average Bonchev–Trinajstić information content (AvgIpc) is 2.97. The Kier molecular flexibility index (Phi) is 5.90. The van der Waals surface area contributed by atoms with Gasteiger partial charge < -0.3 is 4.90 Å². The van der Waals surface area contributed by atoms with Gasteiger partial charge in [-0.3, -0.25) is 4.79 Å². The molecule has 0 saturated carbocycles. The van der Waals surface area contributed by atoms with E-state index in [-0.39, 0.29) is 16.8 Å². The van der Waals surface area contributed by atoms with Crippen LogP contribution in [0, 0.1) is 0 Å². The molecule has 4 rings (SSSR count). The number of rotatable bonds is 4. The van der Waals surface area contributed by atoms with Crippen molar-refractivity contribution in [3.8, 4) is 0 Å². The van der Waals surface area contributed by atoms with Crippen molar-refractivity contribution in [1.82, 2.24) is 8.87 Å². The Morgan fingerprint density at radius 3 is 2.48 bits per heavy atom. The van der Waals surface area contributed by atoms with Crippen LogP contribution in [0.5, 0.6) is 0 Å². The Morgan fingerprint density at radius 1 is 1.10 bits per heavy atom. The number of para-hydroxylation sites is 1. The van der Waals surface area contributed by atoms with Crippen LogP contribution in [0.4, 0.5) is 0 Å². The number of halogens is 1. The van der Waals surface area contributed by atoms with E-state index in [9.17, 15) is 13.2 Å². The van der Waals surface area contributed by atoms with Gasteiger partial charge in [-0.2, -0.15) is 0 Å². The van der Waals surface area contributed by atoms with Crippen LogP contribution in [-0.4, -0.2) is 30.2 Å². The number of likely N-dealkylation sites (N-methyl/N-ethyl adjacent to an activating group) is 1. The first kappa shape index (κ1) is 21.6. The third-order valence-electron chi connectivity index (χ3n) is 5.67. The Morgan fingerprint density at radius 2 is 1.77 bits per heavy atom. The maximum Gasteiger partial charge on any atom is 0.268 e. The fraction of sp³-hybridized carbons (Fsp3) is 0.208. The SMILES string of the molecule is C/C=C(\Br)C(=O)N(C)C1CC=CCc2c1c1ccccc1n2S(=O)(=O)c1ccccc1. The summed E-state index contributed by atoms with van der Waals surface area (Å²) in [4.78, 5) is 14.8. The van der Waals surface area contributed by atoms with Gasteiger partial charge in [-0.05, 0) is 47.5 Å². The summed E-state index contributed by atoms with van der Waals surface area (Å²) in [5, 5.41) is 0.849. The summed E-state index contributed by atoms with van der Waals surface area (Å²) in [7, 11) is -2.05. The predicted octanol–water partition coefficient (Wildman–Crippen LogP) is 5.18. The molecule has 1 amide bonds. The molecule has 7 heteroatoms. The number of benzene rings is 2. The molecule has 0 fully saturated rings. The van der Waals surface area contributed by atoms with E-state index in [1.807, 2.05) is 36.4 Å². The number of carbonyl (C=O) groups excluding carboxylic acids is 1. The van der Waals surface area contributed by atoms with Crippen molar-refractivity contribution in [3.05, 3.63) is 88.6 Å². The molecule has 0 radical (unpaired) electrons. The van der Waals surface area contributed by atoms with Gasteiger partial charge in [0.05, 0.1) is 20.9 Å². The number of allylic oxidation sites excluding steroid dienone is 2. The molecule has 1 aliphatic carbocycles. The molecule has 0 bridgehead atoms. The highest BCUT2D eigenvalue weighted by Crippen LogP contribution is 2.40. The van der Waals surface area contributed by atoms with Gasteiger partial charge in [0.2, 0.25) is 0 Å². The van der Waals surface area contributed by atoms with Crippen molar-refractivity contribution in [1.29, 1.82) is 0 Å². The molecule has 5 nitrogen and oxygen atoms in total. The van der Waals surface area contributed by atoms with Gasteiger partial charge >= 0.3 is 0 Å². The summed E-state index contributed by atoms with van der Waals surface area (Å²) in [6.07, 6.45) is 6.80. The van der Waals surface area contributed by atoms with Crippen LogP contribution in [0.3, 0.4) is 0 Å². The summed E-state index contributed by atoms with van der Waals surface area (Å²) in [5.41, 5.74) is 2.20. The molecule has 0 aliphatic heterocycles. The van der Waals surface area contributed by atoms with Crippen LogP contribution < -0.4 is 0 Å². The lowest BCUT2D eigenvalue weighted by atomic mass is 9.99. The first-order chi connectivity index (χ1) is 14.9. The van der Waals surface area contributed by atoms with Crippen LogP contribution in [0.1, 0.15) is 30.6 Å². The summed E-state index contributed by atoms with van der Waals surface area (Å²) >= 11 is 3.34. The number of hydrogen-bond acceptors (Lipinski definition) is 3. The number of nitrogens with zero attached hydrogens (tertiary/aromatic N) is 2. The Labute approximate surface area is 190 Å². The van der Waals surface area contributed by atoms with Crippen LogP contribution in [0.15, 0.2) is 82.2 Å². The molecule has 0 spiro atoms. The van der Waals surface area contributed by atoms with Crippen molar-refractivity contribution in [2.45, 2.75) is 30.7 Å². The lowest BCUT2D eigenvalue weighted by molar-refractivity contribution is -0.127. The van der Waals surface area contributed by atoms with E-state index < -0.39 is 10.0 Å². The predicted molar refractivity (Wildman–Crippen MR) is 127 cm³/mol. The minimum atomic E-state index is -3.81. The minimum absolute atomic E-state index is 0.142. The van der Waals surface area contributed by atoms with Crippen molar-refractivity contribution < 1.29 is 13.2 Å². The van der Waals surface area contributed by atoms with Crippen molar-refractivity contribution >= 4 is 42.8 Å². The third kappa shape index (κ3) is 3.66. The van der Waals surface area contributed by atoms with Crippen LogP contribution >= 0.6 is 15.9 Å². The Balaban J connectivity index is 2.00. The lowest BCUT2D eigenvalue weighted by Gasteiger charge is -2.28. The van der Waals surface area contributed by atoms with Crippen molar-refractivity contribution in [2.75, 3.05) is 7.05 Å². The van der Waals surface area contributed by atoms with Crippen molar-refractivity contribution in [2.24, 2.45) is 0 Å². The van der Waals surface area contributed by atoms with Crippen LogP contribution in [0.25, 0.3) is 10.9 Å². The fourth-order valence-corrected chi connectivity index (χ4v) is 6.02. The number of hydrogen-bond donors (Lipinski definition) is 0. The lowest BCUT2D eigenvalue weighted by Crippen LogP contribution is -2.31. The monoisotopic (exact) mass is 498 g/mol. The smallest absolute Gasteiger partial charge is 0.268 e. The molecule has 0 N–H and O–H groups in total. The highest BCUT2D eigenvalue weighted by molar-refractivity contribution is 9.12. The molecule has 0 saturated heterocycles. The normalized spacial score (nSPS) is 16.7. The molecule has 1 aromatic heterocycles. The molecule has 160 valence electrons. The highest BCUT2D eigenvalue weighted by atomic mass is 79.9. The zero-order chi connectivity index (χ0) is 22.2. The summed E-state index contributed by atoms with van der Waals surface area (Å²) < 4.78 is 29.3. The van der Waals surface area contributed by atoms with E-state index in [1.165, 1.54) is 3.97 Å². The van der Waals surface area contributed by atoms with Gasteiger partial charge in [0.15, 0.2) is 0 Å². The van der Waals surface area contributed by atoms with Gasteiger partial charge in [-0.1, -0.05) is 54.6 Å². The number of carbonyl (C=O) groups is 1. The van der Waals surface area contributed by atoms with E-state index in [4.69, 9.17) is 0 Å². The van der Waals surface area contributed by atoms with Gasteiger partial charge in [-0.15, -0.1) is 0 Å². The minimum Gasteiger partial charge on any atom is -0.334 e. The topological polar surface area (TPSA) is 59.4 Å². The van der Waals surface area contributed by atoms with E-state index in [0.717, 1.165) is 10.9 Å². The van der Waals surface area contributed by atoms with Gasteiger partial charge in [0.1, 0.15) is 0 Å². The largest absolute Gasteiger partial charge is 0.334 e. The molecular formula is C24H23BrN2O3S. The standard InChI is InChI=1S/C24H23BrN2O3S/c1-3-19(25)24(28)26(2)21-15-9-10-16-22-23(21)18-13-7-8-14-20(18)27(22)31(29,30)17-11-5-4-6-12-17/h3-14,21H,15-16H2,1-2H3/b19-3-. The van der Waals surface area contributed by atoms with Gasteiger partial charge in [0.25, 0.3) is 15.9 Å². The number of aromatic nitrogens is 1. The van der Waals surface area contributed by atoms with Gasteiger partial charge in [-0.25, -0.2) is 12.4 Å². The second-order valence-electron chi connectivity index (χ2n) is 7.44. The molecule has 3 aromatic rings. The summed E-state index contributed by atoms with van der Waals surface area (Å²) in [6.45, 7) is 1.80. The third-order valence-corrected chi connectivity index (χ3v) is 8.23. The van der Waals surface area contributed by atoms with Crippen LogP contribution in [0.2, 0.25) is 0 Å². The van der Waals surface area contributed by atoms with Crippen molar-refractivity contribution in [3.63, 3.8) is 0 Å². The molecule has 31 heavy (non-hydrogen) atoms. The number of fused-ring (bicyclic) bond motifs is 3. The second kappa shape index (κ2) is 8.48. The summed E-state index contributed by atoms with van der Waals surface area (Å²) in [6, 6.07) is 15.7. The fourth-order valence-electron chi connectivity index (χ4n) is 4.15. The first-order valence-electron chi connectivity index (χ1n) is 10.0. The highest BCUT2D eigenvalue weighted by Gasteiger charge is 2.33. The Hall–Kier alpha value is -2.64. The number of amides is 1. The quantitative estimate of drug-likeness (QED) is 0.367. The van der Waals surface area contributed by atoms with Gasteiger partial charge in [0, 0.05) is 30.1 Å². The molecule has 1 heterocycles. The molecule has 1 atom stereocenters. The average molecular weight is 499 g/mol. The van der Waals surface area contributed by atoms with E-state index >= 15 is 0 Å². The van der Waals surface area contributed by atoms with Crippen LogP contribution in [-0.2, 0) is 21.2 Å². The maximum atomic E-state index is 13.7. The maximum absolute atomic E-state index is 13.7. The summed E-state index contributed by atoms with van der Waals surface area (Å²) in [5.74, 6) is -0.142. The zero-order valence-electron chi connectivity index (χ0n) is 17.3. The molecule has 1 unspecified atom stereocenters. The Bertz CT molecular complexity index is 1310. The molecule has 1 aliphatic rings. The van der Waals surface area contributed by atoms with E-state index in [2.05, 4.69) is 15.9 Å². The molecular weight excluding hydrogens is 476 g/mol. The zero-order valence-corrected chi connectivity index (χ0v) is 19.7.